The zero-order valence-corrected chi connectivity index (χ0v) is 25.5. The summed E-state index contributed by atoms with van der Waals surface area (Å²) in [6, 6.07) is 48.8. The van der Waals surface area contributed by atoms with Crippen LogP contribution in [0, 0.1) is 0 Å². The summed E-state index contributed by atoms with van der Waals surface area (Å²) in [5.41, 5.74) is 12.4. The van der Waals surface area contributed by atoms with Crippen molar-refractivity contribution in [2.24, 2.45) is 0 Å². The number of furan rings is 1. The molecule has 1 aliphatic rings. The molecule has 45 heavy (non-hydrogen) atoms. The number of allylic oxidation sites excluding steroid dienone is 1. The average molecular weight is 577 g/mol. The van der Waals surface area contributed by atoms with Crippen LogP contribution in [0.5, 0.6) is 0 Å². The molecule has 1 aromatic heterocycles. The molecule has 0 saturated heterocycles. The van der Waals surface area contributed by atoms with Crippen molar-refractivity contribution in [3.63, 3.8) is 0 Å². The second-order valence-corrected chi connectivity index (χ2v) is 13.0. The van der Waals surface area contributed by atoms with Crippen molar-refractivity contribution in [3.8, 4) is 22.3 Å². The van der Waals surface area contributed by atoms with Gasteiger partial charge in [0.05, 0.1) is 0 Å². The van der Waals surface area contributed by atoms with E-state index in [1.54, 1.807) is 0 Å². The summed E-state index contributed by atoms with van der Waals surface area (Å²) in [5.74, 6) is 0. The third-order valence-corrected chi connectivity index (χ3v) is 9.86. The van der Waals surface area contributed by atoms with Gasteiger partial charge in [0.2, 0.25) is 0 Å². The standard InChI is InChI=1S/C44H32O/c1-44(2)39-16-8-15-35(43(39)38-25-32-12-3-5-13-33(32)26-40(38)44)30-20-17-28(18-21-30)9-7-10-29-19-22-36-37-24-31-11-4-6-14-34(31)27-42(37)45-41(36)23-29/h3-9,11-27H,10H2,1-2H3/b9-7+. The molecule has 7 aromatic carbocycles. The molecule has 0 radical (unpaired) electrons. The highest BCUT2D eigenvalue weighted by Crippen LogP contribution is 2.53. The highest BCUT2D eigenvalue weighted by molar-refractivity contribution is 6.10. The predicted octanol–water partition coefficient (Wildman–Crippen LogP) is 12.1. The summed E-state index contributed by atoms with van der Waals surface area (Å²) >= 11 is 0. The fraction of sp³-hybridized carbons (Fsp3) is 0.0909. The van der Waals surface area contributed by atoms with Crippen LogP contribution in [0.25, 0.3) is 71.8 Å². The Morgan fingerprint density at radius 2 is 1.24 bits per heavy atom. The molecule has 8 aromatic rings. The third-order valence-electron chi connectivity index (χ3n) is 9.86. The van der Waals surface area contributed by atoms with Gasteiger partial charge in [-0.05, 0) is 103 Å². The van der Waals surface area contributed by atoms with Gasteiger partial charge in [0.25, 0.3) is 0 Å². The largest absolute Gasteiger partial charge is 0.456 e. The molecule has 214 valence electrons. The van der Waals surface area contributed by atoms with Gasteiger partial charge in [-0.25, -0.2) is 0 Å². The Hall–Kier alpha value is -5.40. The van der Waals surface area contributed by atoms with Gasteiger partial charge < -0.3 is 4.42 Å². The number of benzene rings is 7. The molecule has 0 bridgehead atoms. The Balaban J connectivity index is 0.995. The van der Waals surface area contributed by atoms with Crippen LogP contribution < -0.4 is 0 Å². The topological polar surface area (TPSA) is 13.1 Å². The molecule has 0 fully saturated rings. The summed E-state index contributed by atoms with van der Waals surface area (Å²) in [6.07, 6.45) is 5.32. The van der Waals surface area contributed by atoms with E-state index in [1.165, 1.54) is 76.8 Å². The first-order valence-corrected chi connectivity index (χ1v) is 15.8. The second kappa shape index (κ2) is 9.81. The number of rotatable bonds is 4. The van der Waals surface area contributed by atoms with Gasteiger partial charge in [-0.15, -0.1) is 0 Å². The van der Waals surface area contributed by atoms with Crippen LogP contribution in [0.4, 0.5) is 0 Å². The maximum absolute atomic E-state index is 6.28. The molecule has 0 spiro atoms. The van der Waals surface area contributed by atoms with Crippen molar-refractivity contribution < 1.29 is 4.42 Å². The maximum atomic E-state index is 6.28. The minimum atomic E-state index is -0.0348. The van der Waals surface area contributed by atoms with Gasteiger partial charge in [0.15, 0.2) is 0 Å². The quantitative estimate of drug-likeness (QED) is 0.203. The van der Waals surface area contributed by atoms with Gasteiger partial charge in [0.1, 0.15) is 11.2 Å². The Morgan fingerprint density at radius 1 is 0.556 bits per heavy atom. The van der Waals surface area contributed by atoms with Gasteiger partial charge >= 0.3 is 0 Å². The summed E-state index contributed by atoms with van der Waals surface area (Å²) in [4.78, 5) is 0. The molecule has 1 heterocycles. The molecule has 0 amide bonds. The van der Waals surface area contributed by atoms with E-state index in [0.717, 1.165) is 17.6 Å². The zero-order valence-electron chi connectivity index (χ0n) is 25.5. The smallest absolute Gasteiger partial charge is 0.136 e. The van der Waals surface area contributed by atoms with Crippen molar-refractivity contribution in [1.29, 1.82) is 0 Å². The van der Waals surface area contributed by atoms with Crippen molar-refractivity contribution in [2.75, 3.05) is 0 Å². The van der Waals surface area contributed by atoms with Gasteiger partial charge in [-0.1, -0.05) is 129 Å². The van der Waals surface area contributed by atoms with Crippen molar-refractivity contribution in [1.82, 2.24) is 0 Å². The van der Waals surface area contributed by atoms with Crippen molar-refractivity contribution >= 4 is 49.6 Å². The number of fused-ring (bicyclic) bond motifs is 8. The van der Waals surface area contributed by atoms with E-state index in [-0.39, 0.29) is 5.41 Å². The average Bonchev–Trinajstić information content (AvgIpc) is 3.53. The number of hydrogen-bond acceptors (Lipinski definition) is 1. The fourth-order valence-electron chi connectivity index (χ4n) is 7.45. The van der Waals surface area contributed by atoms with Crippen LogP contribution in [0.3, 0.4) is 0 Å². The predicted molar refractivity (Wildman–Crippen MR) is 191 cm³/mol. The van der Waals surface area contributed by atoms with E-state index in [0.29, 0.717) is 0 Å². The molecule has 0 unspecified atom stereocenters. The summed E-state index contributed by atoms with van der Waals surface area (Å²) in [7, 11) is 0. The molecule has 1 heteroatoms. The summed E-state index contributed by atoms with van der Waals surface area (Å²) in [6.45, 7) is 4.72. The van der Waals surface area contributed by atoms with Crippen molar-refractivity contribution in [2.45, 2.75) is 25.7 Å². The van der Waals surface area contributed by atoms with Gasteiger partial charge in [-0.2, -0.15) is 0 Å². The molecule has 1 aliphatic carbocycles. The molecule has 1 nitrogen and oxygen atoms in total. The van der Waals surface area contributed by atoms with Crippen LogP contribution >= 0.6 is 0 Å². The fourth-order valence-corrected chi connectivity index (χ4v) is 7.45. The molecular formula is C44H32O. The second-order valence-electron chi connectivity index (χ2n) is 13.0. The Labute approximate surface area is 263 Å². The van der Waals surface area contributed by atoms with Crippen LogP contribution in [0.15, 0.2) is 144 Å². The normalized spacial score (nSPS) is 13.7. The van der Waals surface area contributed by atoms with Gasteiger partial charge in [0, 0.05) is 16.2 Å². The van der Waals surface area contributed by atoms with E-state index in [4.69, 9.17) is 4.42 Å². The summed E-state index contributed by atoms with van der Waals surface area (Å²) < 4.78 is 6.28. The third kappa shape index (κ3) is 4.15. The van der Waals surface area contributed by atoms with Crippen molar-refractivity contribution in [3.05, 3.63) is 162 Å². The van der Waals surface area contributed by atoms with E-state index < -0.39 is 0 Å². The van der Waals surface area contributed by atoms with Crippen LogP contribution in [0.1, 0.15) is 36.1 Å². The van der Waals surface area contributed by atoms with E-state index in [1.807, 2.05) is 0 Å². The van der Waals surface area contributed by atoms with Crippen LogP contribution in [-0.2, 0) is 11.8 Å². The Kier molecular flexibility index (Phi) is 5.67. The minimum Gasteiger partial charge on any atom is -0.456 e. The molecular weight excluding hydrogens is 544 g/mol. The lowest BCUT2D eigenvalue weighted by Crippen LogP contribution is -2.14. The molecule has 0 N–H and O–H groups in total. The Morgan fingerprint density at radius 3 is 2.02 bits per heavy atom. The zero-order chi connectivity index (χ0) is 30.1. The lowest BCUT2D eigenvalue weighted by Gasteiger charge is -2.22. The van der Waals surface area contributed by atoms with Crippen LogP contribution in [-0.4, -0.2) is 0 Å². The molecule has 9 rings (SSSR count). The SMILES string of the molecule is CC1(C)c2cc3ccccc3cc2-c2c(-c3ccc(/C=C/Cc4ccc5c(c4)oc4cc6ccccc6cc45)cc3)cccc21. The van der Waals surface area contributed by atoms with E-state index in [2.05, 4.69) is 159 Å². The number of hydrogen-bond donors (Lipinski definition) is 0. The molecule has 0 saturated carbocycles. The molecule has 0 aliphatic heterocycles. The lowest BCUT2D eigenvalue weighted by atomic mass is 9.81. The van der Waals surface area contributed by atoms with E-state index >= 15 is 0 Å². The first kappa shape index (κ1) is 26.0. The first-order valence-electron chi connectivity index (χ1n) is 15.8. The monoisotopic (exact) mass is 576 g/mol. The van der Waals surface area contributed by atoms with E-state index in [9.17, 15) is 0 Å². The van der Waals surface area contributed by atoms with Gasteiger partial charge in [-0.3, -0.25) is 0 Å². The minimum absolute atomic E-state index is 0.0348. The highest BCUT2D eigenvalue weighted by atomic mass is 16.3. The van der Waals surface area contributed by atoms with Crippen LogP contribution in [0.2, 0.25) is 0 Å². The highest BCUT2D eigenvalue weighted by Gasteiger charge is 2.37. The molecule has 0 atom stereocenters. The maximum Gasteiger partial charge on any atom is 0.136 e. The lowest BCUT2D eigenvalue weighted by molar-refractivity contribution is 0.661. The summed E-state index contributed by atoms with van der Waals surface area (Å²) in [5, 5.41) is 7.40. The Bertz CT molecular complexity index is 2470. The first-order chi connectivity index (χ1) is 22.0.